The molecule has 1 aromatic carbocycles. The molecule has 82 valence electrons. The Morgan fingerprint density at radius 1 is 1.38 bits per heavy atom. The highest BCUT2D eigenvalue weighted by atomic mass is 16.5. The Morgan fingerprint density at radius 2 is 2.12 bits per heavy atom. The first-order valence-electron chi connectivity index (χ1n) is 5.39. The number of rotatable bonds is 3. The van der Waals surface area contributed by atoms with Crippen LogP contribution < -0.4 is 0 Å². The smallest absolute Gasteiger partial charge is 0.189 e. The van der Waals surface area contributed by atoms with Gasteiger partial charge in [-0.2, -0.15) is 0 Å². The molecule has 1 aromatic rings. The van der Waals surface area contributed by atoms with Gasteiger partial charge in [0.2, 0.25) is 0 Å². The molecule has 0 saturated carbocycles. The number of hydrogen-bond donors (Lipinski definition) is 0. The Balaban J connectivity index is 2.08. The minimum atomic E-state index is 0.000289. The zero-order valence-corrected chi connectivity index (χ0v) is 9.06. The molecular weight excluding hydrogens is 200 g/mol. The van der Waals surface area contributed by atoms with Crippen molar-refractivity contribution in [1.82, 2.24) is 0 Å². The van der Waals surface area contributed by atoms with Gasteiger partial charge in [-0.1, -0.05) is 43.0 Å². The Labute approximate surface area is 95.2 Å². The van der Waals surface area contributed by atoms with Gasteiger partial charge in [-0.05, 0) is 6.42 Å². The lowest BCUT2D eigenvalue weighted by molar-refractivity contribution is 0.103. The first-order valence-corrected chi connectivity index (χ1v) is 5.39. The standard InChI is InChI=1S/C14H14O2/c1-2-12-8-9-13(16-12)10-14(15)11-6-4-3-5-7-11/h2-7,10,12H,1,8-9H2/b13-10+. The minimum Gasteiger partial charge on any atom is -0.491 e. The first kappa shape index (κ1) is 10.7. The van der Waals surface area contributed by atoms with E-state index < -0.39 is 0 Å². The van der Waals surface area contributed by atoms with Gasteiger partial charge in [0, 0.05) is 18.1 Å². The summed E-state index contributed by atoms with van der Waals surface area (Å²) >= 11 is 0. The molecule has 0 aromatic heterocycles. The average molecular weight is 214 g/mol. The number of hydrogen-bond acceptors (Lipinski definition) is 2. The van der Waals surface area contributed by atoms with Crippen molar-refractivity contribution in [2.45, 2.75) is 18.9 Å². The van der Waals surface area contributed by atoms with E-state index >= 15 is 0 Å². The second kappa shape index (κ2) is 4.79. The van der Waals surface area contributed by atoms with Crippen molar-refractivity contribution in [3.05, 3.63) is 60.4 Å². The molecule has 0 aliphatic carbocycles. The summed E-state index contributed by atoms with van der Waals surface area (Å²) in [6.45, 7) is 3.68. The molecule has 2 rings (SSSR count). The van der Waals surface area contributed by atoms with Crippen LogP contribution in [0, 0.1) is 0 Å². The van der Waals surface area contributed by atoms with Crippen LogP contribution in [0.15, 0.2) is 54.8 Å². The van der Waals surface area contributed by atoms with E-state index in [0.29, 0.717) is 5.56 Å². The lowest BCUT2D eigenvalue weighted by Gasteiger charge is -2.03. The van der Waals surface area contributed by atoms with Gasteiger partial charge in [-0.3, -0.25) is 4.79 Å². The van der Waals surface area contributed by atoms with E-state index in [1.807, 2.05) is 18.2 Å². The van der Waals surface area contributed by atoms with Crippen LogP contribution in [-0.2, 0) is 4.74 Å². The number of ketones is 1. The predicted molar refractivity (Wildman–Crippen MR) is 63.2 cm³/mol. The largest absolute Gasteiger partial charge is 0.491 e. The highest BCUT2D eigenvalue weighted by Gasteiger charge is 2.18. The van der Waals surface area contributed by atoms with Crippen LogP contribution in [0.25, 0.3) is 0 Å². The van der Waals surface area contributed by atoms with Crippen molar-refractivity contribution in [3.63, 3.8) is 0 Å². The van der Waals surface area contributed by atoms with Crippen LogP contribution in [0.2, 0.25) is 0 Å². The van der Waals surface area contributed by atoms with Gasteiger partial charge in [0.15, 0.2) is 5.78 Å². The lowest BCUT2D eigenvalue weighted by Crippen LogP contribution is -1.99. The topological polar surface area (TPSA) is 26.3 Å². The number of allylic oxidation sites excluding steroid dienone is 2. The van der Waals surface area contributed by atoms with Gasteiger partial charge in [-0.15, -0.1) is 0 Å². The van der Waals surface area contributed by atoms with Crippen LogP contribution in [-0.4, -0.2) is 11.9 Å². The Morgan fingerprint density at radius 3 is 2.75 bits per heavy atom. The van der Waals surface area contributed by atoms with Gasteiger partial charge in [0.05, 0.1) is 0 Å². The zero-order valence-electron chi connectivity index (χ0n) is 9.06. The van der Waals surface area contributed by atoms with E-state index in [1.54, 1.807) is 24.3 Å². The van der Waals surface area contributed by atoms with Crippen LogP contribution in [0.3, 0.4) is 0 Å². The van der Waals surface area contributed by atoms with Gasteiger partial charge in [0.1, 0.15) is 11.9 Å². The van der Waals surface area contributed by atoms with Crippen molar-refractivity contribution in [2.75, 3.05) is 0 Å². The van der Waals surface area contributed by atoms with E-state index in [4.69, 9.17) is 4.74 Å². The van der Waals surface area contributed by atoms with Crippen LogP contribution >= 0.6 is 0 Å². The van der Waals surface area contributed by atoms with Gasteiger partial charge >= 0.3 is 0 Å². The summed E-state index contributed by atoms with van der Waals surface area (Å²) in [7, 11) is 0. The highest BCUT2D eigenvalue weighted by molar-refractivity contribution is 6.04. The van der Waals surface area contributed by atoms with E-state index in [0.717, 1.165) is 18.6 Å². The molecule has 1 aliphatic rings. The minimum absolute atomic E-state index is 0.000289. The fraction of sp³-hybridized carbons (Fsp3) is 0.214. The summed E-state index contributed by atoms with van der Waals surface area (Å²) in [6, 6.07) is 9.21. The molecule has 0 amide bonds. The molecule has 1 aliphatic heterocycles. The Hall–Kier alpha value is -1.83. The summed E-state index contributed by atoms with van der Waals surface area (Å²) in [5, 5.41) is 0. The summed E-state index contributed by atoms with van der Waals surface area (Å²) in [6.07, 6.45) is 5.15. The molecule has 0 spiro atoms. The number of ether oxygens (including phenoxy) is 1. The van der Waals surface area contributed by atoms with Crippen LogP contribution in [0.1, 0.15) is 23.2 Å². The summed E-state index contributed by atoms with van der Waals surface area (Å²) < 4.78 is 5.52. The van der Waals surface area contributed by atoms with E-state index in [2.05, 4.69) is 6.58 Å². The highest BCUT2D eigenvalue weighted by Crippen LogP contribution is 2.23. The fourth-order valence-electron chi connectivity index (χ4n) is 1.70. The molecule has 2 nitrogen and oxygen atoms in total. The van der Waals surface area contributed by atoms with Gasteiger partial charge in [0.25, 0.3) is 0 Å². The predicted octanol–water partition coefficient (Wildman–Crippen LogP) is 3.12. The van der Waals surface area contributed by atoms with Crippen molar-refractivity contribution in [3.8, 4) is 0 Å². The average Bonchev–Trinajstić information content (AvgIpc) is 2.78. The van der Waals surface area contributed by atoms with E-state index in [1.165, 1.54) is 0 Å². The molecule has 0 radical (unpaired) electrons. The third-order valence-electron chi connectivity index (χ3n) is 2.59. The SMILES string of the molecule is C=CC1CC/C(=C\C(=O)c2ccccc2)O1. The monoisotopic (exact) mass is 214 g/mol. The molecule has 1 saturated heterocycles. The van der Waals surface area contributed by atoms with Crippen molar-refractivity contribution < 1.29 is 9.53 Å². The van der Waals surface area contributed by atoms with Crippen molar-refractivity contribution in [1.29, 1.82) is 0 Å². The molecule has 0 bridgehead atoms. The molecule has 1 heterocycles. The summed E-state index contributed by atoms with van der Waals surface area (Å²) in [5.74, 6) is 0.763. The number of carbonyl (C=O) groups excluding carboxylic acids is 1. The van der Waals surface area contributed by atoms with E-state index in [9.17, 15) is 4.79 Å². The van der Waals surface area contributed by atoms with Gasteiger partial charge < -0.3 is 4.74 Å². The number of carbonyl (C=O) groups is 1. The summed E-state index contributed by atoms with van der Waals surface area (Å²) in [4.78, 5) is 11.8. The third-order valence-corrected chi connectivity index (χ3v) is 2.59. The first-order chi connectivity index (χ1) is 7.79. The molecule has 0 N–H and O–H groups in total. The lowest BCUT2D eigenvalue weighted by atomic mass is 10.1. The van der Waals surface area contributed by atoms with Crippen molar-refractivity contribution in [2.24, 2.45) is 0 Å². The summed E-state index contributed by atoms with van der Waals surface area (Å²) in [5.41, 5.74) is 0.695. The van der Waals surface area contributed by atoms with Gasteiger partial charge in [-0.25, -0.2) is 0 Å². The van der Waals surface area contributed by atoms with E-state index in [-0.39, 0.29) is 11.9 Å². The Kier molecular flexibility index (Phi) is 3.20. The maximum Gasteiger partial charge on any atom is 0.189 e. The molecule has 16 heavy (non-hydrogen) atoms. The quantitative estimate of drug-likeness (QED) is 0.439. The maximum atomic E-state index is 11.8. The normalized spacial score (nSPS) is 21.8. The molecule has 1 unspecified atom stereocenters. The third kappa shape index (κ3) is 2.40. The molecular formula is C14H14O2. The second-order valence-corrected chi connectivity index (χ2v) is 3.77. The second-order valence-electron chi connectivity index (χ2n) is 3.77. The molecule has 1 fully saturated rings. The van der Waals surface area contributed by atoms with Crippen LogP contribution in [0.4, 0.5) is 0 Å². The zero-order chi connectivity index (χ0) is 11.4. The number of benzene rings is 1. The van der Waals surface area contributed by atoms with Crippen LogP contribution in [0.5, 0.6) is 0 Å². The maximum absolute atomic E-state index is 11.8. The fourth-order valence-corrected chi connectivity index (χ4v) is 1.70. The molecule has 1 atom stereocenters. The molecule has 2 heteroatoms. The Bertz CT molecular complexity index is 418. The van der Waals surface area contributed by atoms with Crippen molar-refractivity contribution >= 4 is 5.78 Å².